The summed E-state index contributed by atoms with van der Waals surface area (Å²) in [7, 11) is 11.6. The molecule has 0 aliphatic heterocycles. The highest BCUT2D eigenvalue weighted by Gasteiger charge is 2.40. The van der Waals surface area contributed by atoms with E-state index in [-0.39, 0.29) is 13.2 Å². The van der Waals surface area contributed by atoms with Gasteiger partial charge in [-0.25, -0.2) is 14.4 Å². The lowest BCUT2D eigenvalue weighted by molar-refractivity contribution is -0.872. The topological polar surface area (TPSA) is 247 Å². The van der Waals surface area contributed by atoms with E-state index in [4.69, 9.17) is 40.9 Å². The first-order chi connectivity index (χ1) is 17.5. The molecule has 1 atom stereocenters. The van der Waals surface area contributed by atoms with E-state index in [9.17, 15) is 24.0 Å². The van der Waals surface area contributed by atoms with E-state index in [0.29, 0.717) is 10.0 Å². The van der Waals surface area contributed by atoms with E-state index in [1.165, 1.54) is 0 Å². The van der Waals surface area contributed by atoms with Crippen LogP contribution in [0, 0.1) is 0 Å². The molecule has 224 valence electrons. The predicted molar refractivity (Wildman–Crippen MR) is 137 cm³/mol. The van der Waals surface area contributed by atoms with Gasteiger partial charge in [-0.3, -0.25) is 9.59 Å². The predicted octanol–water partition coefficient (Wildman–Crippen LogP) is -1.04. The Bertz CT molecular complexity index is 891. The Morgan fingerprint density at radius 3 is 1.33 bits per heavy atom. The lowest BCUT2D eigenvalue weighted by Gasteiger charge is -2.24. The Hall–Kier alpha value is -3.63. The van der Waals surface area contributed by atoms with E-state index < -0.39 is 54.4 Å². The Labute approximate surface area is 226 Å². The van der Waals surface area contributed by atoms with Crippen LogP contribution < -0.4 is 0 Å². The number of aliphatic carboxylic acids is 4. The van der Waals surface area contributed by atoms with E-state index in [1.807, 2.05) is 21.1 Å². The molecular weight excluding hydrogens is 524 g/mol. The van der Waals surface area contributed by atoms with Gasteiger partial charge in [-0.2, -0.15) is 0 Å². The van der Waals surface area contributed by atoms with E-state index >= 15 is 0 Å². The fourth-order valence-electron chi connectivity index (χ4n) is 2.19. The summed E-state index contributed by atoms with van der Waals surface area (Å²) in [6.45, 7) is 1.35. The van der Waals surface area contributed by atoms with Gasteiger partial charge in [0, 0.05) is 0 Å². The number of likely N-dealkylation sites (N-methyl/N-ethyl adjacent to an activating group) is 2. The number of benzene rings is 1. The van der Waals surface area contributed by atoms with Gasteiger partial charge in [0.25, 0.3) is 0 Å². The number of carboxylic acid groups (broad SMARTS) is 5. The Balaban J connectivity index is -0.000000453. The van der Waals surface area contributed by atoms with Crippen molar-refractivity contribution in [2.24, 2.45) is 0 Å². The van der Waals surface area contributed by atoms with Gasteiger partial charge in [0.1, 0.15) is 13.1 Å². The molecule has 0 saturated heterocycles. The van der Waals surface area contributed by atoms with Crippen molar-refractivity contribution >= 4 is 29.8 Å². The molecule has 0 radical (unpaired) electrons. The molecule has 1 unspecified atom stereocenters. The quantitative estimate of drug-likeness (QED) is 0.149. The van der Waals surface area contributed by atoms with Crippen LogP contribution in [0.25, 0.3) is 0 Å². The van der Waals surface area contributed by atoms with Gasteiger partial charge in [0.05, 0.1) is 67.3 Å². The third-order valence-electron chi connectivity index (χ3n) is 4.08. The van der Waals surface area contributed by atoms with Crippen LogP contribution in [-0.2, 0) is 19.2 Å². The molecular formula is C24H42N2O13+2. The molecule has 0 aliphatic rings. The first-order valence-electron chi connectivity index (χ1n) is 11.3. The molecule has 8 N–H and O–H groups in total. The van der Waals surface area contributed by atoms with Crippen molar-refractivity contribution in [2.75, 3.05) is 62.0 Å². The molecule has 1 aromatic carbocycles. The van der Waals surface area contributed by atoms with Crippen LogP contribution in [0.5, 0.6) is 0 Å². The van der Waals surface area contributed by atoms with Crippen LogP contribution in [0.3, 0.4) is 0 Å². The molecule has 1 rings (SSSR count). The van der Waals surface area contributed by atoms with Crippen molar-refractivity contribution in [2.45, 2.75) is 24.5 Å². The van der Waals surface area contributed by atoms with Gasteiger partial charge in [0.15, 0.2) is 5.60 Å². The lowest BCUT2D eigenvalue weighted by Crippen LogP contribution is -2.44. The Morgan fingerprint density at radius 1 is 0.769 bits per heavy atom. The smallest absolute Gasteiger partial charge is 0.338 e. The molecule has 0 bridgehead atoms. The highest BCUT2D eigenvalue weighted by molar-refractivity contribution is 5.88. The second-order valence-electron chi connectivity index (χ2n) is 10.2. The minimum atomic E-state index is -2.74. The molecule has 1 aromatic rings. The Morgan fingerprint density at radius 2 is 1.18 bits per heavy atom. The minimum Gasteiger partial charge on any atom is -0.481 e. The first-order valence-corrected chi connectivity index (χ1v) is 11.3. The summed E-state index contributed by atoms with van der Waals surface area (Å²) in [4.78, 5) is 50.8. The number of nitrogens with zero attached hydrogens (tertiary/aromatic N) is 2. The van der Waals surface area contributed by atoms with Gasteiger partial charge in [0.2, 0.25) is 6.10 Å². The van der Waals surface area contributed by atoms with Gasteiger partial charge in [-0.05, 0) is 12.1 Å². The average molecular weight is 567 g/mol. The van der Waals surface area contributed by atoms with Crippen LogP contribution in [0.2, 0.25) is 0 Å². The molecule has 0 spiro atoms. The fourth-order valence-corrected chi connectivity index (χ4v) is 2.19. The number of carboxylic acids is 5. The summed E-state index contributed by atoms with van der Waals surface area (Å²) < 4.78 is 1.30. The molecule has 39 heavy (non-hydrogen) atoms. The lowest BCUT2D eigenvalue weighted by atomic mass is 9.96. The zero-order chi connectivity index (χ0) is 31.6. The summed E-state index contributed by atoms with van der Waals surface area (Å²) in [6.07, 6.45) is -3.54. The van der Waals surface area contributed by atoms with Crippen LogP contribution in [0.15, 0.2) is 30.3 Å². The van der Waals surface area contributed by atoms with Crippen LogP contribution in [0.1, 0.15) is 23.2 Å². The highest BCUT2D eigenvalue weighted by atomic mass is 16.4. The molecule has 15 nitrogen and oxygen atoms in total. The van der Waals surface area contributed by atoms with Crippen molar-refractivity contribution in [3.05, 3.63) is 35.9 Å². The third kappa shape index (κ3) is 25.8. The third-order valence-corrected chi connectivity index (χ3v) is 4.08. The van der Waals surface area contributed by atoms with Gasteiger partial charge in [-0.1, -0.05) is 18.2 Å². The van der Waals surface area contributed by atoms with E-state index in [0.717, 1.165) is 11.0 Å². The zero-order valence-corrected chi connectivity index (χ0v) is 23.0. The fraction of sp³-hybridized carbons (Fsp3) is 0.542. The normalized spacial score (nSPS) is 11.6. The Kier molecular flexibility index (Phi) is 19.0. The highest BCUT2D eigenvalue weighted by Crippen LogP contribution is 2.15. The van der Waals surface area contributed by atoms with E-state index in [2.05, 4.69) is 21.1 Å². The number of rotatable bonds is 11. The van der Waals surface area contributed by atoms with Crippen molar-refractivity contribution in [1.82, 2.24) is 0 Å². The van der Waals surface area contributed by atoms with Gasteiger partial charge < -0.3 is 49.8 Å². The molecule has 15 heteroatoms. The first kappa shape index (κ1) is 39.9. The number of hydrogen-bond donors (Lipinski definition) is 8. The molecule has 0 aromatic heterocycles. The van der Waals surface area contributed by atoms with Crippen molar-refractivity contribution < 1.29 is 73.8 Å². The van der Waals surface area contributed by atoms with Crippen LogP contribution in [-0.4, -0.2) is 153 Å². The average Bonchev–Trinajstić information content (AvgIpc) is 2.72. The summed E-state index contributed by atoms with van der Waals surface area (Å²) >= 11 is 0. The molecule has 0 amide bonds. The van der Waals surface area contributed by atoms with Gasteiger partial charge in [-0.15, -0.1) is 0 Å². The summed E-state index contributed by atoms with van der Waals surface area (Å²) in [5.74, 6) is -7.06. The monoisotopic (exact) mass is 566 g/mol. The maximum Gasteiger partial charge on any atom is 0.338 e. The molecule has 0 heterocycles. The van der Waals surface area contributed by atoms with Crippen molar-refractivity contribution in [3.63, 3.8) is 0 Å². The maximum absolute atomic E-state index is 10.3. The molecule has 0 aliphatic carbocycles. The number of quaternary nitrogens is 2. The van der Waals surface area contributed by atoms with E-state index in [1.54, 1.807) is 30.3 Å². The van der Waals surface area contributed by atoms with Gasteiger partial charge >= 0.3 is 29.8 Å². The second kappa shape index (κ2) is 18.6. The summed E-state index contributed by atoms with van der Waals surface area (Å²) in [6, 6.07) is 8.30. The summed E-state index contributed by atoms with van der Waals surface area (Å²) in [5.41, 5.74) is -2.41. The second-order valence-corrected chi connectivity index (χ2v) is 10.2. The summed E-state index contributed by atoms with van der Waals surface area (Å²) in [5, 5.41) is 67.7. The largest absolute Gasteiger partial charge is 0.481 e. The minimum absolute atomic E-state index is 0.231. The molecule has 0 fully saturated rings. The zero-order valence-electron chi connectivity index (χ0n) is 23.0. The standard InChI is InChI=1S/C7H6O2.C6H13NO3.C6H8O7.C5H14NO/c8-7(9)6-4-2-1-3-5-6;1-7(2,3)4-5(8)6(9)10;7-3(8)1-6(13,5(11)12)2-4(9)10;1-6(2,3)4-5-7/h1-5H,(H,8,9);5,8H,4H2,1-3H3;13H,1-2H2,(H,7,8)(H,9,10)(H,11,12);7H,4-5H2,1-3H3/q;;;+1/p+1. The van der Waals surface area contributed by atoms with Crippen molar-refractivity contribution in [1.29, 1.82) is 0 Å². The SMILES string of the molecule is C[N+](C)(C)CC(O)C(=O)O.C[N+](C)(C)CCO.O=C(O)CC(O)(CC(=O)O)C(=O)O.O=C(O)c1ccccc1. The number of aromatic carboxylic acids is 1. The number of carbonyl (C=O) groups is 5. The number of hydrogen-bond acceptors (Lipinski definition) is 8. The number of aliphatic hydroxyl groups is 3. The van der Waals surface area contributed by atoms with Crippen LogP contribution >= 0.6 is 0 Å². The maximum atomic E-state index is 10.3. The van der Waals surface area contributed by atoms with Crippen molar-refractivity contribution in [3.8, 4) is 0 Å². The van der Waals surface area contributed by atoms with Crippen LogP contribution in [0.4, 0.5) is 0 Å². The molecule has 0 saturated carbocycles. The number of aliphatic hydroxyl groups excluding tert-OH is 2.